The Bertz CT molecular complexity index is 1090. The van der Waals surface area contributed by atoms with Crippen molar-refractivity contribution in [3.63, 3.8) is 0 Å². The SMILES string of the molecule is CC(C)(C(=O)Nc1nn(Cc2ccc(Cl)cc2Cl)cc1Cl)n1cc([N+](=O)[O-])cn1. The minimum Gasteiger partial charge on any atom is -0.306 e. The van der Waals surface area contributed by atoms with Crippen LogP contribution in [0.15, 0.2) is 36.8 Å². The molecule has 0 fully saturated rings. The van der Waals surface area contributed by atoms with E-state index in [1.807, 2.05) is 0 Å². The minimum absolute atomic E-state index is 0.150. The molecule has 0 atom stereocenters. The first-order valence-corrected chi connectivity index (χ1v) is 9.39. The lowest BCUT2D eigenvalue weighted by molar-refractivity contribution is -0.385. The fourth-order valence-electron chi connectivity index (χ4n) is 2.47. The van der Waals surface area contributed by atoms with E-state index in [1.165, 1.54) is 15.6 Å². The summed E-state index contributed by atoms with van der Waals surface area (Å²) < 4.78 is 2.73. The van der Waals surface area contributed by atoms with Crippen LogP contribution in [0.3, 0.4) is 0 Å². The lowest BCUT2D eigenvalue weighted by Gasteiger charge is -2.23. The monoisotopic (exact) mass is 456 g/mol. The van der Waals surface area contributed by atoms with Gasteiger partial charge in [-0.05, 0) is 31.5 Å². The fraction of sp³-hybridized carbons (Fsp3) is 0.235. The number of nitro groups is 1. The molecule has 12 heteroatoms. The second kappa shape index (κ2) is 8.02. The Kier molecular flexibility index (Phi) is 5.83. The molecule has 0 spiro atoms. The van der Waals surface area contributed by atoms with Crippen molar-refractivity contribution in [1.82, 2.24) is 19.6 Å². The summed E-state index contributed by atoms with van der Waals surface area (Å²) in [6.45, 7) is 3.45. The third kappa shape index (κ3) is 4.52. The largest absolute Gasteiger partial charge is 0.307 e. The van der Waals surface area contributed by atoms with Crippen molar-refractivity contribution in [1.29, 1.82) is 0 Å². The summed E-state index contributed by atoms with van der Waals surface area (Å²) in [7, 11) is 0. The number of halogens is 3. The molecule has 9 nitrogen and oxygen atoms in total. The molecule has 0 saturated heterocycles. The molecule has 0 radical (unpaired) electrons. The summed E-state index contributed by atoms with van der Waals surface area (Å²) in [6, 6.07) is 5.10. The van der Waals surface area contributed by atoms with Gasteiger partial charge in [0.2, 0.25) is 0 Å². The normalized spacial score (nSPS) is 11.5. The molecule has 1 amide bonds. The van der Waals surface area contributed by atoms with E-state index in [-0.39, 0.29) is 16.5 Å². The van der Waals surface area contributed by atoms with E-state index in [9.17, 15) is 14.9 Å². The van der Waals surface area contributed by atoms with Crippen LogP contribution in [0.2, 0.25) is 15.1 Å². The third-order valence-electron chi connectivity index (χ3n) is 4.20. The van der Waals surface area contributed by atoms with Gasteiger partial charge in [-0.25, -0.2) is 0 Å². The van der Waals surface area contributed by atoms with E-state index in [0.717, 1.165) is 11.8 Å². The number of aromatic nitrogens is 4. The molecule has 3 rings (SSSR count). The van der Waals surface area contributed by atoms with Crippen molar-refractivity contribution in [2.24, 2.45) is 0 Å². The van der Waals surface area contributed by atoms with Crippen molar-refractivity contribution in [3.8, 4) is 0 Å². The molecule has 0 aliphatic rings. The molecule has 1 aromatic carbocycles. The Labute approximate surface area is 180 Å². The van der Waals surface area contributed by atoms with Crippen molar-refractivity contribution in [3.05, 3.63) is 67.5 Å². The number of benzene rings is 1. The summed E-state index contributed by atoms with van der Waals surface area (Å²) in [4.78, 5) is 23.0. The standard InChI is InChI=1S/C17H15Cl3N6O3/c1-17(2,25-8-12(6-21-25)26(28)29)16(27)22-15-14(20)9-24(23-15)7-10-3-4-11(18)5-13(10)19/h3-6,8-9H,7H2,1-2H3,(H,22,23,27). The Balaban J connectivity index is 1.77. The quantitative estimate of drug-likeness (QED) is 0.437. The number of carbonyl (C=O) groups is 1. The predicted octanol–water partition coefficient (Wildman–Crippen LogP) is 4.37. The van der Waals surface area contributed by atoms with Gasteiger partial charge in [-0.1, -0.05) is 40.9 Å². The maximum absolute atomic E-state index is 12.7. The highest BCUT2D eigenvalue weighted by Crippen LogP contribution is 2.26. The van der Waals surface area contributed by atoms with Gasteiger partial charge >= 0.3 is 5.69 Å². The average Bonchev–Trinajstić information content (AvgIpc) is 3.25. The highest BCUT2D eigenvalue weighted by molar-refractivity contribution is 6.35. The van der Waals surface area contributed by atoms with Gasteiger partial charge in [0.05, 0.1) is 11.5 Å². The van der Waals surface area contributed by atoms with Crippen LogP contribution < -0.4 is 5.32 Å². The van der Waals surface area contributed by atoms with E-state index < -0.39 is 16.4 Å². The van der Waals surface area contributed by atoms with E-state index in [1.54, 1.807) is 38.2 Å². The molecular weight excluding hydrogens is 443 g/mol. The smallest absolute Gasteiger partial charge is 0.306 e. The number of rotatable bonds is 6. The first kappa shape index (κ1) is 21.1. The van der Waals surface area contributed by atoms with Crippen LogP contribution in [0, 0.1) is 10.1 Å². The van der Waals surface area contributed by atoms with Crippen LogP contribution in [0.1, 0.15) is 19.4 Å². The molecule has 2 heterocycles. The van der Waals surface area contributed by atoms with Crippen LogP contribution in [0.4, 0.5) is 11.5 Å². The van der Waals surface area contributed by atoms with Crippen LogP contribution >= 0.6 is 34.8 Å². The van der Waals surface area contributed by atoms with Gasteiger partial charge in [-0.15, -0.1) is 0 Å². The Morgan fingerprint density at radius 1 is 1.24 bits per heavy atom. The number of nitrogens with one attached hydrogen (secondary N) is 1. The second-order valence-corrected chi connectivity index (χ2v) is 7.92. The summed E-state index contributed by atoms with van der Waals surface area (Å²) in [5, 5.41) is 22.9. The highest BCUT2D eigenvalue weighted by atomic mass is 35.5. The maximum Gasteiger partial charge on any atom is 0.307 e. The Morgan fingerprint density at radius 2 is 1.97 bits per heavy atom. The number of hydrogen-bond acceptors (Lipinski definition) is 5. The van der Waals surface area contributed by atoms with Crippen LogP contribution in [-0.2, 0) is 16.9 Å². The zero-order valence-corrected chi connectivity index (χ0v) is 17.5. The molecule has 0 saturated carbocycles. The van der Waals surface area contributed by atoms with Gasteiger partial charge in [-0.3, -0.25) is 24.3 Å². The Hall–Kier alpha value is -2.62. The van der Waals surface area contributed by atoms with Gasteiger partial charge in [-0.2, -0.15) is 10.2 Å². The molecule has 29 heavy (non-hydrogen) atoms. The molecule has 3 aromatic rings. The third-order valence-corrected chi connectivity index (χ3v) is 5.07. The Morgan fingerprint density at radius 3 is 2.59 bits per heavy atom. The van der Waals surface area contributed by atoms with Gasteiger partial charge in [0.15, 0.2) is 5.82 Å². The van der Waals surface area contributed by atoms with E-state index in [2.05, 4.69) is 15.5 Å². The maximum atomic E-state index is 12.7. The number of nitrogens with zero attached hydrogens (tertiary/aromatic N) is 5. The lowest BCUT2D eigenvalue weighted by atomic mass is 10.1. The number of hydrogen-bond donors (Lipinski definition) is 1. The van der Waals surface area contributed by atoms with Gasteiger partial charge in [0, 0.05) is 16.2 Å². The van der Waals surface area contributed by atoms with Crippen LogP contribution in [-0.4, -0.2) is 30.4 Å². The van der Waals surface area contributed by atoms with Gasteiger partial charge in [0.25, 0.3) is 5.91 Å². The minimum atomic E-state index is -1.22. The molecule has 1 N–H and O–H groups in total. The van der Waals surface area contributed by atoms with E-state index >= 15 is 0 Å². The van der Waals surface area contributed by atoms with Crippen LogP contribution in [0.25, 0.3) is 0 Å². The predicted molar refractivity (Wildman–Crippen MR) is 110 cm³/mol. The lowest BCUT2D eigenvalue weighted by Crippen LogP contribution is -2.40. The molecule has 0 unspecified atom stereocenters. The summed E-state index contributed by atoms with van der Waals surface area (Å²) >= 11 is 18.3. The number of carbonyl (C=O) groups excluding carboxylic acids is 1. The second-order valence-electron chi connectivity index (χ2n) is 6.67. The van der Waals surface area contributed by atoms with Gasteiger partial charge in [0.1, 0.15) is 23.0 Å². The summed E-state index contributed by atoms with van der Waals surface area (Å²) in [6.07, 6.45) is 3.81. The van der Waals surface area contributed by atoms with Crippen molar-refractivity contribution >= 4 is 52.2 Å². The molecule has 0 bridgehead atoms. The molecule has 152 valence electrons. The zero-order valence-electron chi connectivity index (χ0n) is 15.3. The topological polar surface area (TPSA) is 108 Å². The molecule has 2 aromatic heterocycles. The van der Waals surface area contributed by atoms with Crippen molar-refractivity contribution < 1.29 is 9.72 Å². The average molecular weight is 458 g/mol. The van der Waals surface area contributed by atoms with Gasteiger partial charge < -0.3 is 5.32 Å². The molecule has 0 aliphatic carbocycles. The van der Waals surface area contributed by atoms with Crippen LogP contribution in [0.5, 0.6) is 0 Å². The summed E-state index contributed by atoms with van der Waals surface area (Å²) in [5.41, 5.74) is -0.661. The number of anilines is 1. The zero-order chi connectivity index (χ0) is 21.3. The first-order chi connectivity index (χ1) is 13.6. The molecule has 0 aliphatic heterocycles. The van der Waals surface area contributed by atoms with E-state index in [4.69, 9.17) is 34.8 Å². The first-order valence-electron chi connectivity index (χ1n) is 8.26. The van der Waals surface area contributed by atoms with E-state index in [0.29, 0.717) is 16.6 Å². The van der Waals surface area contributed by atoms with Crippen molar-refractivity contribution in [2.75, 3.05) is 5.32 Å². The highest BCUT2D eigenvalue weighted by Gasteiger charge is 2.33. The summed E-state index contributed by atoms with van der Waals surface area (Å²) in [5.74, 6) is -0.344. The number of amides is 1. The fourth-order valence-corrected chi connectivity index (χ4v) is 3.13. The van der Waals surface area contributed by atoms with Crippen molar-refractivity contribution in [2.45, 2.75) is 25.9 Å². The molecular formula is C17H15Cl3N6O3.